The molecule has 1 unspecified atom stereocenters. The second-order valence-corrected chi connectivity index (χ2v) is 18.6. The van der Waals surface area contributed by atoms with Crippen molar-refractivity contribution in [3.8, 4) is 0 Å². The van der Waals surface area contributed by atoms with Crippen molar-refractivity contribution in [2.45, 2.75) is 119 Å². The van der Waals surface area contributed by atoms with Crippen LogP contribution >= 0.6 is 11.6 Å². The van der Waals surface area contributed by atoms with Gasteiger partial charge in [-0.05, 0) is 125 Å². The zero-order chi connectivity index (χ0) is 56.0. The number of imide groups is 3. The average Bonchev–Trinajstić information content (AvgIpc) is 3.68. The SMILES string of the molecule is C=CC.C=CNc1ccc(COC(=O)N(C)Cc2ccccc2C(=O)N2C(=O)CCC(N3Cc4cc(CNC(=O)Nc5ccc(C)c(Cl)c5)ccc4C3=O)C2=O)cc1.CC.CC(C)NC(=O)CNC(=O)OC(C)(C)C. The minimum absolute atomic E-state index is 0.0231. The highest BCUT2D eigenvalue weighted by atomic mass is 35.5. The van der Waals surface area contributed by atoms with Gasteiger partial charge in [0.2, 0.25) is 11.8 Å². The maximum atomic E-state index is 13.9. The number of halogens is 1. The molecule has 4 aromatic carbocycles. The van der Waals surface area contributed by atoms with E-state index in [-0.39, 0.29) is 63.1 Å². The quantitative estimate of drug-likeness (QED) is 0.0590. The molecule has 1 atom stereocenters. The van der Waals surface area contributed by atoms with E-state index in [4.69, 9.17) is 21.1 Å². The molecule has 2 aliphatic heterocycles. The molecular formula is C56H71ClN8O10. The van der Waals surface area contributed by atoms with Gasteiger partial charge < -0.3 is 45.9 Å². The lowest BCUT2D eigenvalue weighted by molar-refractivity contribution is -0.148. The minimum atomic E-state index is -1.05. The summed E-state index contributed by atoms with van der Waals surface area (Å²) in [6, 6.07) is 22.6. The summed E-state index contributed by atoms with van der Waals surface area (Å²) in [7, 11) is 1.52. The van der Waals surface area contributed by atoms with Crippen molar-refractivity contribution in [3.05, 3.63) is 154 Å². The molecule has 4 aromatic rings. The summed E-state index contributed by atoms with van der Waals surface area (Å²) >= 11 is 6.16. The molecule has 6 rings (SSSR count). The van der Waals surface area contributed by atoms with E-state index in [9.17, 15) is 38.4 Å². The van der Waals surface area contributed by atoms with Crippen LogP contribution in [0.15, 0.2) is 110 Å². The van der Waals surface area contributed by atoms with E-state index in [2.05, 4.69) is 39.7 Å². The number of amides is 9. The number of fused-ring (bicyclic) bond motifs is 1. The highest BCUT2D eigenvalue weighted by molar-refractivity contribution is 6.31. The number of urea groups is 1. The lowest BCUT2D eigenvalue weighted by Crippen LogP contribution is -2.56. The van der Waals surface area contributed by atoms with Gasteiger partial charge in [0.05, 0.1) is 0 Å². The molecule has 18 nitrogen and oxygen atoms in total. The van der Waals surface area contributed by atoms with Crippen molar-refractivity contribution in [2.24, 2.45) is 0 Å². The molecule has 0 aromatic heterocycles. The molecule has 5 N–H and O–H groups in total. The summed E-state index contributed by atoms with van der Waals surface area (Å²) < 4.78 is 10.4. The van der Waals surface area contributed by atoms with Crippen LogP contribution in [0.5, 0.6) is 0 Å². The summed E-state index contributed by atoms with van der Waals surface area (Å²) in [5, 5.41) is 14.0. The van der Waals surface area contributed by atoms with Crippen molar-refractivity contribution in [1.82, 2.24) is 30.7 Å². The van der Waals surface area contributed by atoms with Crippen LogP contribution in [0.1, 0.15) is 117 Å². The van der Waals surface area contributed by atoms with E-state index in [0.29, 0.717) is 32.3 Å². The van der Waals surface area contributed by atoms with Gasteiger partial charge in [-0.2, -0.15) is 0 Å². The number of nitrogens with one attached hydrogen (secondary N) is 5. The van der Waals surface area contributed by atoms with Crippen molar-refractivity contribution in [1.29, 1.82) is 0 Å². The maximum Gasteiger partial charge on any atom is 0.410 e. The second kappa shape index (κ2) is 29.6. The summed E-state index contributed by atoms with van der Waals surface area (Å²) in [6.07, 6.45) is 2.02. The Kier molecular flexibility index (Phi) is 24.2. The van der Waals surface area contributed by atoms with Crippen molar-refractivity contribution in [3.63, 3.8) is 0 Å². The van der Waals surface area contributed by atoms with Gasteiger partial charge >= 0.3 is 18.2 Å². The third-order valence-electron chi connectivity index (χ3n) is 10.6. The number of carbonyl (C=O) groups excluding carboxylic acids is 8. The van der Waals surface area contributed by atoms with Crippen LogP contribution in [0.2, 0.25) is 5.02 Å². The molecule has 0 aliphatic carbocycles. The first kappa shape index (κ1) is 61.3. The van der Waals surface area contributed by atoms with E-state index in [1.165, 1.54) is 22.9 Å². The van der Waals surface area contributed by atoms with Crippen LogP contribution in [0.3, 0.4) is 0 Å². The number of hydrogen-bond donors (Lipinski definition) is 5. The van der Waals surface area contributed by atoms with Crippen LogP contribution in [-0.4, -0.2) is 93.7 Å². The van der Waals surface area contributed by atoms with Crippen LogP contribution in [-0.2, 0) is 50.1 Å². The van der Waals surface area contributed by atoms with Gasteiger partial charge in [-0.3, -0.25) is 24.0 Å². The van der Waals surface area contributed by atoms with Gasteiger partial charge in [-0.25, -0.2) is 19.3 Å². The number of allylic oxidation sites excluding steroid dienone is 1. The van der Waals surface area contributed by atoms with Gasteiger partial charge in [0, 0.05) is 66.7 Å². The number of anilines is 2. The summed E-state index contributed by atoms with van der Waals surface area (Å²) in [5.41, 5.74) is 4.73. The molecule has 0 bridgehead atoms. The number of alkyl carbamates (subject to hydrolysis) is 1. The summed E-state index contributed by atoms with van der Waals surface area (Å²) in [5.74, 6) is -2.93. The Morgan fingerprint density at radius 3 is 2.16 bits per heavy atom. The normalized spacial score (nSPS) is 13.4. The number of ether oxygens (including phenoxy) is 2. The highest BCUT2D eigenvalue weighted by Gasteiger charge is 2.45. The zero-order valence-electron chi connectivity index (χ0n) is 44.6. The number of rotatable bonds is 14. The molecule has 402 valence electrons. The van der Waals surface area contributed by atoms with E-state index in [1.54, 1.807) is 87.6 Å². The number of hydrogen-bond acceptors (Lipinski definition) is 11. The van der Waals surface area contributed by atoms with E-state index >= 15 is 0 Å². The Hall–Kier alpha value is -7.99. The van der Waals surface area contributed by atoms with Gasteiger partial charge in [-0.1, -0.05) is 86.6 Å². The Morgan fingerprint density at radius 1 is 0.893 bits per heavy atom. The number of likely N-dealkylation sites (tertiary alicyclic amines) is 1. The minimum Gasteiger partial charge on any atom is -0.445 e. The predicted octanol–water partition coefficient (Wildman–Crippen LogP) is 9.86. The summed E-state index contributed by atoms with van der Waals surface area (Å²) in [4.78, 5) is 106. The second-order valence-electron chi connectivity index (χ2n) is 18.2. The first-order chi connectivity index (χ1) is 35.5. The first-order valence-corrected chi connectivity index (χ1v) is 24.8. The van der Waals surface area contributed by atoms with Crippen LogP contribution in [0.25, 0.3) is 0 Å². The molecule has 9 amide bonds. The van der Waals surface area contributed by atoms with Crippen molar-refractivity contribution in [2.75, 3.05) is 24.2 Å². The molecule has 1 saturated heterocycles. The third-order valence-corrected chi connectivity index (χ3v) is 11.1. The van der Waals surface area contributed by atoms with Crippen molar-refractivity contribution < 1.29 is 47.8 Å². The molecule has 2 aliphatic rings. The van der Waals surface area contributed by atoms with Crippen LogP contribution < -0.4 is 26.6 Å². The Labute approximate surface area is 445 Å². The zero-order valence-corrected chi connectivity index (χ0v) is 45.3. The van der Waals surface area contributed by atoms with E-state index in [1.807, 2.05) is 65.8 Å². The van der Waals surface area contributed by atoms with E-state index < -0.39 is 53.5 Å². The summed E-state index contributed by atoms with van der Waals surface area (Å²) in [6.45, 7) is 23.9. The van der Waals surface area contributed by atoms with Gasteiger partial charge in [0.15, 0.2) is 0 Å². The van der Waals surface area contributed by atoms with Gasteiger partial charge in [-0.15, -0.1) is 6.58 Å². The van der Waals surface area contributed by atoms with Crippen molar-refractivity contribution >= 4 is 70.7 Å². The number of piperidine rings is 1. The standard InChI is InChI=1S/C41H39ClN6O7.C10H20N2O3.C3H6.C2H6/c1-4-43-30-14-10-26(11-15-30)24-55-41(54)46(3)22-28-7-5-6-8-32(28)38(51)48-36(49)18-17-35(39(48)52)47-23-29-19-27(12-16-33(29)37(47)50)21-44-40(53)45-31-13-9-25(2)34(42)20-31;1-7(2)12-8(13)6-11-9(14)15-10(3,4)5;1-3-2;1-2/h4-16,19-20,35,43H,1,17-18,21-24H2,2-3H3,(H2,44,45,53);7H,6H2,1-5H3,(H,11,14)(H,12,13);3H,1H2,2H3;1-2H3. The third kappa shape index (κ3) is 19.1. The number of nitrogens with zero attached hydrogens (tertiary/aromatic N) is 3. The molecule has 1 fully saturated rings. The lowest BCUT2D eigenvalue weighted by atomic mass is 9.99. The topological polar surface area (TPSA) is 225 Å². The largest absolute Gasteiger partial charge is 0.445 e. The molecular weight excluding hydrogens is 980 g/mol. The highest BCUT2D eigenvalue weighted by Crippen LogP contribution is 2.31. The monoisotopic (exact) mass is 1050 g/mol. The fourth-order valence-electron chi connectivity index (χ4n) is 7.27. The lowest BCUT2D eigenvalue weighted by Gasteiger charge is -2.34. The Morgan fingerprint density at radius 2 is 1.53 bits per heavy atom. The van der Waals surface area contributed by atoms with Gasteiger partial charge in [0.1, 0.15) is 24.8 Å². The van der Waals surface area contributed by atoms with Crippen LogP contribution in [0, 0.1) is 6.92 Å². The fourth-order valence-corrected chi connectivity index (χ4v) is 7.45. The first-order valence-electron chi connectivity index (χ1n) is 24.5. The number of aryl methyl sites for hydroxylation is 1. The Bertz CT molecular complexity index is 2680. The molecule has 75 heavy (non-hydrogen) atoms. The average molecular weight is 1050 g/mol. The number of benzene rings is 4. The molecule has 0 saturated carbocycles. The maximum absolute atomic E-state index is 13.9. The molecule has 2 heterocycles. The molecule has 19 heteroatoms. The molecule has 0 spiro atoms. The number of carbonyl (C=O) groups is 8. The van der Waals surface area contributed by atoms with E-state index in [0.717, 1.165) is 22.4 Å². The smallest absolute Gasteiger partial charge is 0.410 e. The molecule has 0 radical (unpaired) electrons. The fraction of sp³-hybridized carbons (Fsp3) is 0.357. The Balaban J connectivity index is 0.000000630. The predicted molar refractivity (Wildman–Crippen MR) is 291 cm³/mol. The van der Waals surface area contributed by atoms with Gasteiger partial charge in [0.25, 0.3) is 17.7 Å². The van der Waals surface area contributed by atoms with Crippen LogP contribution in [0.4, 0.5) is 25.8 Å².